The normalized spacial score (nSPS) is 19.4. The molecule has 0 radical (unpaired) electrons. The molecule has 0 aliphatic carbocycles. The van der Waals surface area contributed by atoms with Crippen LogP contribution in [-0.2, 0) is 4.43 Å². The number of nitrogens with zero attached hydrogens (tertiary/aromatic N) is 5. The van der Waals surface area contributed by atoms with Gasteiger partial charge in [-0.15, -0.1) is 24.8 Å². The predicted molar refractivity (Wildman–Crippen MR) is 177 cm³/mol. The van der Waals surface area contributed by atoms with Gasteiger partial charge in [0.1, 0.15) is 11.6 Å². The van der Waals surface area contributed by atoms with E-state index < -0.39 is 21.5 Å². The highest BCUT2D eigenvalue weighted by Crippen LogP contribution is 2.30. The molecule has 4 rings (SSSR count). The lowest BCUT2D eigenvalue weighted by molar-refractivity contribution is 0.000808. The molecule has 0 bridgehead atoms. The van der Waals surface area contributed by atoms with E-state index in [1.165, 1.54) is 4.90 Å². The van der Waals surface area contributed by atoms with Crippen molar-refractivity contribution in [3.63, 3.8) is 0 Å². The summed E-state index contributed by atoms with van der Waals surface area (Å²) in [6.45, 7) is 14.9. The van der Waals surface area contributed by atoms with Crippen molar-refractivity contribution in [2.24, 2.45) is 0 Å². The number of aliphatic hydroxyl groups is 1. The van der Waals surface area contributed by atoms with Gasteiger partial charge in [0.15, 0.2) is 9.76 Å². The third-order valence-corrected chi connectivity index (χ3v) is 8.81. The first kappa shape index (κ1) is 37.5. The zero-order valence-corrected chi connectivity index (χ0v) is 28.2. The second-order valence-electron chi connectivity index (χ2n) is 12.1. The number of rotatable bonds is 6. The molecule has 2 atom stereocenters. The van der Waals surface area contributed by atoms with Gasteiger partial charge in [0, 0.05) is 45.3 Å². The first-order valence-electron chi connectivity index (χ1n) is 13.7. The highest BCUT2D eigenvalue weighted by Gasteiger charge is 2.42. The van der Waals surface area contributed by atoms with Crippen LogP contribution in [0.5, 0.6) is 0 Å². The van der Waals surface area contributed by atoms with Crippen molar-refractivity contribution in [2.45, 2.75) is 57.3 Å². The molecule has 12 nitrogen and oxygen atoms in total. The highest BCUT2D eigenvalue weighted by molar-refractivity contribution is 6.31. The molecule has 2 aliphatic rings. The van der Waals surface area contributed by atoms with Crippen LogP contribution < -0.4 is 26.6 Å². The maximum atomic E-state index is 11.7. The molecule has 2 aromatic rings. The molecule has 15 heteroatoms. The molecule has 4 heterocycles. The van der Waals surface area contributed by atoms with Crippen molar-refractivity contribution in [3.05, 3.63) is 36.7 Å². The van der Waals surface area contributed by atoms with Crippen molar-refractivity contribution >= 4 is 63.7 Å². The molecule has 0 saturated carbocycles. The van der Waals surface area contributed by atoms with Gasteiger partial charge in [0.2, 0.25) is 0 Å². The molecule has 2 aromatic heterocycles. The van der Waals surface area contributed by atoms with Gasteiger partial charge in [-0.05, 0) is 43.2 Å². The second-order valence-corrected chi connectivity index (χ2v) is 14.8. The molecule has 2 aliphatic heterocycles. The van der Waals surface area contributed by atoms with E-state index in [0.717, 1.165) is 31.0 Å². The third kappa shape index (κ3) is 10.9. The summed E-state index contributed by atoms with van der Waals surface area (Å²) in [6, 6.07) is 7.35. The monoisotopic (exact) mass is 646 g/mol. The molecule has 0 unspecified atom stereocenters. The summed E-state index contributed by atoms with van der Waals surface area (Å²) in [4.78, 5) is 25.8. The predicted octanol–water partition coefficient (Wildman–Crippen LogP) is 2.21. The highest BCUT2D eigenvalue weighted by atomic mass is 35.5. The third-order valence-electron chi connectivity index (χ3n) is 7.05. The van der Waals surface area contributed by atoms with Crippen molar-refractivity contribution in [1.29, 1.82) is 0 Å². The Bertz CT molecular complexity index is 1090. The Labute approximate surface area is 264 Å². The van der Waals surface area contributed by atoms with Gasteiger partial charge in [0.05, 0.1) is 42.0 Å². The van der Waals surface area contributed by atoms with Crippen LogP contribution in [0.2, 0.25) is 5.04 Å². The summed E-state index contributed by atoms with van der Waals surface area (Å²) in [5.41, 5.74) is 12.7. The average Bonchev–Trinajstić information content (AvgIpc) is 2.92. The molecule has 2 fully saturated rings. The lowest BCUT2D eigenvalue weighted by Crippen LogP contribution is -2.63. The number of carboxylic acid groups (broad SMARTS) is 1. The number of nitrogens with two attached hydrogens (primary N) is 2. The number of pyridine rings is 2. The Morgan fingerprint density at radius 3 is 1.98 bits per heavy atom. The number of amides is 1. The van der Waals surface area contributed by atoms with Crippen LogP contribution in [0.15, 0.2) is 36.7 Å². The Hall–Kier alpha value is -2.55. The number of hydrogen-bond donors (Lipinski definition) is 5. The van der Waals surface area contributed by atoms with Gasteiger partial charge in [-0.3, -0.25) is 4.90 Å². The minimum Gasteiger partial charge on any atom is -0.465 e. The topological polar surface area (TPSA) is 166 Å². The molecule has 42 heavy (non-hydrogen) atoms. The summed E-state index contributed by atoms with van der Waals surface area (Å²) in [5.74, 6) is 1.01. The largest absolute Gasteiger partial charge is 0.465 e. The first-order valence-corrected chi connectivity index (χ1v) is 15.0. The van der Waals surface area contributed by atoms with E-state index in [1.807, 2.05) is 26.0 Å². The van der Waals surface area contributed by atoms with Crippen molar-refractivity contribution < 1.29 is 19.4 Å². The van der Waals surface area contributed by atoms with Crippen LogP contribution in [0.1, 0.15) is 34.6 Å². The number of halogens is 2. The molecular formula is C27H48Cl2N8O4Si. The number of anilines is 4. The maximum Gasteiger partial charge on any atom is 0.407 e. The van der Waals surface area contributed by atoms with Crippen LogP contribution in [-0.4, -0.2) is 104 Å². The second kappa shape index (κ2) is 16.3. The summed E-state index contributed by atoms with van der Waals surface area (Å²) in [5, 5.41) is 22.1. The fourth-order valence-corrected chi connectivity index (χ4v) is 5.69. The Morgan fingerprint density at radius 1 is 0.976 bits per heavy atom. The fraction of sp³-hybridized carbons (Fsp3) is 0.593. The number of nitrogens with one attached hydrogen (secondary N) is 1. The molecular weight excluding hydrogens is 599 g/mol. The quantitative estimate of drug-likeness (QED) is 0.292. The number of hydrogen-bond acceptors (Lipinski definition) is 10. The lowest BCUT2D eigenvalue weighted by Gasteiger charge is -2.48. The van der Waals surface area contributed by atoms with Crippen LogP contribution >= 0.6 is 24.8 Å². The summed E-state index contributed by atoms with van der Waals surface area (Å²) in [7, 11) is -0.799. The van der Waals surface area contributed by atoms with Crippen LogP contribution in [0, 0.1) is 0 Å². The fourth-order valence-electron chi connectivity index (χ4n) is 4.69. The summed E-state index contributed by atoms with van der Waals surface area (Å²) >= 11 is 0. The van der Waals surface area contributed by atoms with E-state index in [-0.39, 0.29) is 48.5 Å². The van der Waals surface area contributed by atoms with E-state index in [9.17, 15) is 9.90 Å². The molecule has 2 saturated heterocycles. The van der Waals surface area contributed by atoms with Gasteiger partial charge in [-0.2, -0.15) is 0 Å². The average molecular weight is 648 g/mol. The smallest absolute Gasteiger partial charge is 0.407 e. The van der Waals surface area contributed by atoms with E-state index in [2.05, 4.69) is 45.9 Å². The van der Waals surface area contributed by atoms with Gasteiger partial charge in [-0.1, -0.05) is 20.8 Å². The van der Waals surface area contributed by atoms with E-state index >= 15 is 0 Å². The number of nitrogen functional groups attached to an aromatic ring is 2. The van der Waals surface area contributed by atoms with Gasteiger partial charge >= 0.3 is 6.09 Å². The van der Waals surface area contributed by atoms with Crippen LogP contribution in [0.25, 0.3) is 0 Å². The Kier molecular flexibility index (Phi) is 14.6. The van der Waals surface area contributed by atoms with Crippen LogP contribution in [0.4, 0.5) is 27.8 Å². The molecule has 0 aromatic carbocycles. The molecule has 7 N–H and O–H groups in total. The SMILES string of the molecule is CC(C)(C)[SiH2]OC(C)(C)[C@H]1CN(c2ccc(N)nc2)CCN1C(=O)O.Cl.Cl.Nc1ccc(N2CCN[C@@H](CO)C2)cn1. The van der Waals surface area contributed by atoms with Gasteiger partial charge < -0.3 is 41.2 Å². The maximum absolute atomic E-state index is 11.7. The minimum atomic E-state index is -0.894. The van der Waals surface area contributed by atoms with E-state index in [4.69, 9.17) is 21.0 Å². The van der Waals surface area contributed by atoms with Crippen molar-refractivity contribution in [1.82, 2.24) is 20.2 Å². The zero-order valence-electron chi connectivity index (χ0n) is 25.2. The zero-order chi connectivity index (χ0) is 29.5. The number of piperazine rings is 2. The minimum absolute atomic E-state index is 0. The van der Waals surface area contributed by atoms with E-state index in [0.29, 0.717) is 31.3 Å². The number of carbonyl (C=O) groups is 1. The van der Waals surface area contributed by atoms with Crippen LogP contribution in [0.3, 0.4) is 0 Å². The number of aromatic nitrogens is 2. The summed E-state index contributed by atoms with van der Waals surface area (Å²) < 4.78 is 6.29. The standard InChI is InChI=1S/C17H30N4O3Si.C10H16N4O.2ClH/c1-16(2,3)25-24-17(4,5)13-11-20(8-9-21(13)15(22)23)12-6-7-14(18)19-10-12;11-10-2-1-9(5-13-10)14-4-3-12-8(6-14)7-15;;/h6-7,10,13H,8-9,11,25H2,1-5H3,(H2,18,19)(H,22,23);1-2,5,8,12,15H,3-4,6-7H2,(H2,11,13);2*1H/t13-;8-;;/m11../s1. The van der Waals surface area contributed by atoms with Crippen molar-refractivity contribution in [3.8, 4) is 0 Å². The summed E-state index contributed by atoms with van der Waals surface area (Å²) in [6.07, 6.45) is 2.62. The lowest BCUT2D eigenvalue weighted by atomic mass is 9.95. The van der Waals surface area contributed by atoms with Gasteiger partial charge in [-0.25, -0.2) is 14.8 Å². The van der Waals surface area contributed by atoms with E-state index in [1.54, 1.807) is 24.5 Å². The number of aliphatic hydroxyl groups excluding tert-OH is 1. The van der Waals surface area contributed by atoms with Crippen molar-refractivity contribution in [2.75, 3.05) is 67.1 Å². The van der Waals surface area contributed by atoms with Gasteiger partial charge in [0.25, 0.3) is 0 Å². The first-order chi connectivity index (χ1) is 18.8. The molecule has 238 valence electrons. The molecule has 1 amide bonds. The molecule has 0 spiro atoms. The Morgan fingerprint density at radius 2 is 1.52 bits per heavy atom. The Balaban J connectivity index is 0.000000446.